The van der Waals surface area contributed by atoms with Crippen molar-refractivity contribution in [2.24, 2.45) is 0 Å². The van der Waals surface area contributed by atoms with E-state index in [0.717, 1.165) is 17.5 Å². The highest BCUT2D eigenvalue weighted by molar-refractivity contribution is 6.35. The van der Waals surface area contributed by atoms with Crippen molar-refractivity contribution < 1.29 is 14.3 Å². The van der Waals surface area contributed by atoms with Crippen LogP contribution in [0.15, 0.2) is 42.5 Å². The van der Waals surface area contributed by atoms with Gasteiger partial charge in [-0.2, -0.15) is 0 Å². The number of halogens is 2. The number of benzene rings is 2. The van der Waals surface area contributed by atoms with E-state index in [2.05, 4.69) is 5.32 Å². The number of hydrogen-bond acceptors (Lipinski definition) is 3. The summed E-state index contributed by atoms with van der Waals surface area (Å²) in [6.45, 7) is 7.93. The maximum atomic E-state index is 13.2. The molecule has 0 fully saturated rings. The second-order valence-electron chi connectivity index (χ2n) is 7.61. The molecule has 0 aliphatic rings. The molecule has 0 saturated carbocycles. The van der Waals surface area contributed by atoms with Crippen molar-refractivity contribution in [1.29, 1.82) is 0 Å². The van der Waals surface area contributed by atoms with Gasteiger partial charge in [0.05, 0.1) is 5.02 Å². The van der Waals surface area contributed by atoms with Crippen LogP contribution in [-0.4, -0.2) is 35.4 Å². The van der Waals surface area contributed by atoms with E-state index in [0.29, 0.717) is 28.8 Å². The molecule has 2 atom stereocenters. The smallest absolute Gasteiger partial charge is 0.261 e. The SMILES string of the molecule is CC[C@@H](C)NC(=O)[C@H](CC)N(Cc1ccc(C)cc1)C(=O)COc1ccc(Cl)cc1Cl. The van der Waals surface area contributed by atoms with Gasteiger partial charge in [0.2, 0.25) is 5.91 Å². The van der Waals surface area contributed by atoms with Gasteiger partial charge in [0.25, 0.3) is 5.91 Å². The number of carbonyl (C=O) groups is 2. The first-order chi connectivity index (χ1) is 14.7. The van der Waals surface area contributed by atoms with Crippen molar-refractivity contribution in [2.45, 2.75) is 59.2 Å². The topological polar surface area (TPSA) is 58.6 Å². The number of ether oxygens (including phenoxy) is 1. The van der Waals surface area contributed by atoms with Gasteiger partial charge in [-0.05, 0) is 50.5 Å². The Hall–Kier alpha value is -2.24. The molecule has 31 heavy (non-hydrogen) atoms. The minimum atomic E-state index is -0.605. The molecule has 0 unspecified atom stereocenters. The number of rotatable bonds is 10. The van der Waals surface area contributed by atoms with E-state index in [9.17, 15) is 9.59 Å². The first-order valence-electron chi connectivity index (χ1n) is 10.5. The minimum Gasteiger partial charge on any atom is -0.482 e. The zero-order chi connectivity index (χ0) is 23.0. The van der Waals surface area contributed by atoms with E-state index < -0.39 is 6.04 Å². The third-order valence-corrected chi connectivity index (χ3v) is 5.64. The van der Waals surface area contributed by atoms with Crippen LogP contribution in [0.4, 0.5) is 0 Å². The second kappa shape index (κ2) is 12.0. The monoisotopic (exact) mass is 464 g/mol. The first-order valence-corrected chi connectivity index (χ1v) is 11.2. The van der Waals surface area contributed by atoms with E-state index in [4.69, 9.17) is 27.9 Å². The van der Waals surface area contributed by atoms with E-state index in [1.54, 1.807) is 23.1 Å². The number of amides is 2. The lowest BCUT2D eigenvalue weighted by molar-refractivity contribution is -0.143. The molecular formula is C24H30Cl2N2O3. The normalized spacial score (nSPS) is 12.7. The van der Waals surface area contributed by atoms with Crippen LogP contribution in [0.2, 0.25) is 10.0 Å². The summed E-state index contributed by atoms with van der Waals surface area (Å²) < 4.78 is 5.65. The summed E-state index contributed by atoms with van der Waals surface area (Å²) in [5.74, 6) is -0.0913. The minimum absolute atomic E-state index is 0.0296. The summed E-state index contributed by atoms with van der Waals surface area (Å²) in [7, 11) is 0. The third kappa shape index (κ3) is 7.44. The third-order valence-electron chi connectivity index (χ3n) is 5.11. The lowest BCUT2D eigenvalue weighted by Crippen LogP contribution is -2.51. The highest BCUT2D eigenvalue weighted by Crippen LogP contribution is 2.27. The predicted octanol–water partition coefficient (Wildman–Crippen LogP) is 5.40. The molecule has 0 saturated heterocycles. The molecule has 0 heterocycles. The molecule has 5 nitrogen and oxygen atoms in total. The van der Waals surface area contributed by atoms with E-state index in [1.807, 2.05) is 52.0 Å². The largest absolute Gasteiger partial charge is 0.482 e. The molecule has 2 aromatic carbocycles. The quantitative estimate of drug-likeness (QED) is 0.511. The average Bonchev–Trinajstić information content (AvgIpc) is 2.74. The highest BCUT2D eigenvalue weighted by Gasteiger charge is 2.29. The van der Waals surface area contributed by atoms with Crippen molar-refractivity contribution in [2.75, 3.05) is 6.61 Å². The zero-order valence-electron chi connectivity index (χ0n) is 18.5. The number of nitrogens with zero attached hydrogens (tertiary/aromatic N) is 1. The van der Waals surface area contributed by atoms with Gasteiger partial charge in [-0.1, -0.05) is 66.9 Å². The van der Waals surface area contributed by atoms with Crippen molar-refractivity contribution in [3.63, 3.8) is 0 Å². The molecule has 0 radical (unpaired) electrons. The summed E-state index contributed by atoms with van der Waals surface area (Å²) in [5, 5.41) is 3.80. The molecule has 0 aliphatic heterocycles. The second-order valence-corrected chi connectivity index (χ2v) is 8.46. The molecule has 2 rings (SSSR count). The lowest BCUT2D eigenvalue weighted by Gasteiger charge is -2.31. The Balaban J connectivity index is 2.22. The van der Waals surface area contributed by atoms with Crippen LogP contribution in [0.3, 0.4) is 0 Å². The van der Waals surface area contributed by atoms with Crippen molar-refractivity contribution >= 4 is 35.0 Å². The molecule has 0 bridgehead atoms. The van der Waals surface area contributed by atoms with Crippen LogP contribution < -0.4 is 10.1 Å². The molecule has 0 aliphatic carbocycles. The first kappa shape index (κ1) is 25.0. The van der Waals surface area contributed by atoms with E-state index in [1.165, 1.54) is 0 Å². The molecule has 1 N–H and O–H groups in total. The van der Waals surface area contributed by atoms with Crippen molar-refractivity contribution in [3.8, 4) is 5.75 Å². The van der Waals surface area contributed by atoms with Gasteiger partial charge in [-0.25, -0.2) is 0 Å². The molecule has 7 heteroatoms. The Morgan fingerprint density at radius 3 is 2.32 bits per heavy atom. The van der Waals surface area contributed by atoms with E-state index >= 15 is 0 Å². The molecule has 0 aromatic heterocycles. The van der Waals surface area contributed by atoms with Crippen LogP contribution >= 0.6 is 23.2 Å². The fourth-order valence-corrected chi connectivity index (χ4v) is 3.53. The summed E-state index contributed by atoms with van der Waals surface area (Å²) in [6, 6.07) is 12.2. The molecule has 2 aromatic rings. The van der Waals surface area contributed by atoms with Crippen molar-refractivity contribution in [1.82, 2.24) is 10.2 Å². The molecule has 168 valence electrons. The summed E-state index contributed by atoms with van der Waals surface area (Å²) in [4.78, 5) is 27.7. The highest BCUT2D eigenvalue weighted by atomic mass is 35.5. The van der Waals surface area contributed by atoms with Crippen LogP contribution in [0, 0.1) is 6.92 Å². The zero-order valence-corrected chi connectivity index (χ0v) is 20.0. The maximum absolute atomic E-state index is 13.2. The Labute approximate surface area is 194 Å². The van der Waals surface area contributed by atoms with Gasteiger partial charge >= 0.3 is 0 Å². The number of hydrogen-bond donors (Lipinski definition) is 1. The van der Waals surface area contributed by atoms with Gasteiger partial charge in [0.1, 0.15) is 11.8 Å². The van der Waals surface area contributed by atoms with Gasteiger partial charge in [0, 0.05) is 17.6 Å². The van der Waals surface area contributed by atoms with Crippen molar-refractivity contribution in [3.05, 3.63) is 63.6 Å². The van der Waals surface area contributed by atoms with Crippen LogP contribution in [0.25, 0.3) is 0 Å². The number of nitrogens with one attached hydrogen (secondary N) is 1. The Kier molecular flexibility index (Phi) is 9.66. The van der Waals surface area contributed by atoms with Gasteiger partial charge < -0.3 is 15.0 Å². The summed E-state index contributed by atoms with van der Waals surface area (Å²) in [6.07, 6.45) is 1.30. The summed E-state index contributed by atoms with van der Waals surface area (Å²) in [5.41, 5.74) is 2.07. The van der Waals surface area contributed by atoms with Gasteiger partial charge in [-0.15, -0.1) is 0 Å². The van der Waals surface area contributed by atoms with E-state index in [-0.39, 0.29) is 24.5 Å². The number of aryl methyl sites for hydroxylation is 1. The Bertz CT molecular complexity index is 887. The van der Waals surface area contributed by atoms with Crippen LogP contribution in [0.5, 0.6) is 5.75 Å². The Morgan fingerprint density at radius 1 is 1.06 bits per heavy atom. The standard InChI is InChI=1S/C24H30Cl2N2O3/c1-5-17(4)27-24(30)21(6-2)28(14-18-9-7-16(3)8-10-18)23(29)15-31-22-12-11-19(25)13-20(22)26/h7-13,17,21H,5-6,14-15H2,1-4H3,(H,27,30)/t17-,21+/m1/s1. The van der Waals surface area contributed by atoms with Gasteiger partial charge in [0.15, 0.2) is 6.61 Å². The lowest BCUT2D eigenvalue weighted by atomic mass is 10.1. The maximum Gasteiger partial charge on any atom is 0.261 e. The fourth-order valence-electron chi connectivity index (χ4n) is 3.07. The van der Waals surface area contributed by atoms with Crippen LogP contribution in [0.1, 0.15) is 44.7 Å². The molecule has 0 spiro atoms. The molecule has 2 amide bonds. The van der Waals surface area contributed by atoms with Crippen LogP contribution in [-0.2, 0) is 16.1 Å². The number of carbonyl (C=O) groups excluding carboxylic acids is 2. The summed E-state index contributed by atoms with van der Waals surface area (Å²) >= 11 is 12.1. The predicted molar refractivity (Wildman–Crippen MR) is 126 cm³/mol. The fraction of sp³-hybridized carbons (Fsp3) is 0.417. The Morgan fingerprint density at radius 2 is 1.74 bits per heavy atom. The van der Waals surface area contributed by atoms with Gasteiger partial charge in [-0.3, -0.25) is 9.59 Å². The molecular weight excluding hydrogens is 435 g/mol. The average molecular weight is 465 g/mol.